The Hall–Kier alpha value is -5.72. The fourth-order valence-electron chi connectivity index (χ4n) is 11.2. The van der Waals surface area contributed by atoms with E-state index in [2.05, 4.69) is 42.5 Å². The number of urea groups is 1. The van der Waals surface area contributed by atoms with Crippen LogP contribution < -0.4 is 21.3 Å². The van der Waals surface area contributed by atoms with Crippen molar-refractivity contribution >= 4 is 102 Å². The number of primary amides is 1. The number of esters is 3. The van der Waals surface area contributed by atoms with Gasteiger partial charge in [-0.05, 0) is 108 Å². The number of nitrogens with zero attached hydrogens (tertiary/aromatic N) is 2. The molecule has 2 aromatic rings. The summed E-state index contributed by atoms with van der Waals surface area (Å²) in [6.07, 6.45) is 2.64. The number of rotatable bonds is 26. The highest BCUT2D eigenvalue weighted by molar-refractivity contribution is 9.09. The first kappa shape index (κ1) is 73.0. The molecule has 88 heavy (non-hydrogen) atoms. The number of methoxy groups -OCH3 is 1. The first-order chi connectivity index (χ1) is 41.4. The quantitative estimate of drug-likeness (QED) is 0.0195. The summed E-state index contributed by atoms with van der Waals surface area (Å²) >= 11 is 13.5. The summed E-state index contributed by atoms with van der Waals surface area (Å²) in [7, 11) is 4.37. The molecule has 5 amide bonds. The molecule has 0 saturated carbocycles. The van der Waals surface area contributed by atoms with Crippen LogP contribution in [0.5, 0.6) is 5.75 Å². The number of fused-ring (bicyclic) bond motifs is 5. The van der Waals surface area contributed by atoms with Gasteiger partial charge in [-0.3, -0.25) is 33.6 Å². The maximum atomic E-state index is 14.5. The summed E-state index contributed by atoms with van der Waals surface area (Å²) in [4.78, 5) is 124. The van der Waals surface area contributed by atoms with Crippen LogP contribution in [-0.4, -0.2) is 161 Å². The lowest BCUT2D eigenvalue weighted by Crippen LogP contribution is -2.53. The second-order valence-corrected chi connectivity index (χ2v) is 26.0. The van der Waals surface area contributed by atoms with Crippen molar-refractivity contribution in [2.75, 3.05) is 43.3 Å². The number of aromatic hydroxyl groups is 1. The van der Waals surface area contributed by atoms with Crippen LogP contribution >= 0.6 is 43.5 Å². The number of Topliss-reactive ketones (excluding diaryl/α,β-unsaturated/α-hetero) is 2. The largest absolute Gasteiger partial charge is 0.508 e. The van der Waals surface area contributed by atoms with E-state index in [9.17, 15) is 53.4 Å². The normalized spacial score (nSPS) is 24.5. The maximum absolute atomic E-state index is 14.5. The van der Waals surface area contributed by atoms with Crippen molar-refractivity contribution in [3.05, 3.63) is 81.4 Å². The zero-order valence-corrected chi connectivity index (χ0v) is 56.2. The summed E-state index contributed by atoms with van der Waals surface area (Å²) in [5.74, 6) is -6.66. The molecule has 0 radical (unpaired) electrons. The van der Waals surface area contributed by atoms with Gasteiger partial charge >= 0.3 is 23.9 Å². The molecule has 486 valence electrons. The molecular formula is C64H88Br2ClN5O16. The maximum Gasteiger partial charge on any atom is 0.328 e. The van der Waals surface area contributed by atoms with E-state index in [-0.39, 0.29) is 85.9 Å². The van der Waals surface area contributed by atoms with Crippen LogP contribution in [0.1, 0.15) is 140 Å². The van der Waals surface area contributed by atoms with Gasteiger partial charge in [0.1, 0.15) is 47.1 Å². The topological polar surface area (TPSA) is 300 Å². The zero-order chi connectivity index (χ0) is 65.5. The summed E-state index contributed by atoms with van der Waals surface area (Å²) in [5.41, 5.74) is 5.25. The highest BCUT2D eigenvalue weighted by Crippen LogP contribution is 2.50. The molecule has 3 heterocycles. The van der Waals surface area contributed by atoms with Crippen LogP contribution in [0.2, 0.25) is 5.02 Å². The first-order valence-electron chi connectivity index (χ1n) is 29.9. The number of epoxide rings is 1. The average molecular weight is 1380 g/mol. The second kappa shape index (κ2) is 32.8. The Kier molecular flexibility index (Phi) is 27.3. The van der Waals surface area contributed by atoms with Gasteiger partial charge in [-0.25, -0.2) is 9.59 Å². The lowest BCUT2D eigenvalue weighted by atomic mass is 9.78. The number of halogens is 3. The van der Waals surface area contributed by atoms with Crippen molar-refractivity contribution in [2.24, 2.45) is 29.4 Å². The molecule has 2 aromatic carbocycles. The van der Waals surface area contributed by atoms with Crippen molar-refractivity contribution in [3.8, 4) is 5.75 Å². The third-order valence-corrected chi connectivity index (χ3v) is 19.1. The number of aryl methyl sites for hydroxylation is 1. The number of phenolic OH excluding ortho intramolecular Hbond substituents is 1. The molecule has 3 aliphatic heterocycles. The summed E-state index contributed by atoms with van der Waals surface area (Å²) in [5, 5.41) is 29.9. The van der Waals surface area contributed by atoms with E-state index >= 15 is 0 Å². The Morgan fingerprint density at radius 3 is 2.32 bits per heavy atom. The number of likely N-dealkylation sites (N-methyl/N-ethyl adjacent to an activating group) is 1. The number of alkyl halides is 2. The number of anilines is 1. The number of unbranched alkanes of at least 4 members (excludes halogenated alkanes) is 1. The smallest absolute Gasteiger partial charge is 0.328 e. The van der Waals surface area contributed by atoms with E-state index in [0.717, 1.165) is 27.7 Å². The van der Waals surface area contributed by atoms with Crippen LogP contribution in [0.4, 0.5) is 10.5 Å². The van der Waals surface area contributed by atoms with Gasteiger partial charge in [0, 0.05) is 87.1 Å². The number of phenols is 1. The first-order valence-corrected chi connectivity index (χ1v) is 32.5. The highest BCUT2D eigenvalue weighted by Gasteiger charge is 2.64. The number of ketones is 2. The number of allylic oxidation sites excluding steroid dienone is 3. The molecule has 5 rings (SSSR count). The van der Waals surface area contributed by atoms with E-state index < -0.39 is 120 Å². The van der Waals surface area contributed by atoms with Crippen molar-refractivity contribution in [2.45, 2.75) is 186 Å². The van der Waals surface area contributed by atoms with Crippen LogP contribution in [-0.2, 0) is 70.1 Å². The van der Waals surface area contributed by atoms with E-state index in [1.54, 1.807) is 53.8 Å². The Balaban J connectivity index is 1.31. The predicted molar refractivity (Wildman–Crippen MR) is 338 cm³/mol. The molecular weight excluding hydrogens is 1290 g/mol. The number of aliphatic hydroxyl groups is 1. The fourth-order valence-corrected chi connectivity index (χ4v) is 13.0. The number of carbonyl (C=O) groups is 9. The van der Waals surface area contributed by atoms with Gasteiger partial charge in [0.25, 0.3) is 5.91 Å². The Bertz CT molecular complexity index is 2940. The van der Waals surface area contributed by atoms with Crippen molar-refractivity contribution in [1.29, 1.82) is 0 Å². The molecule has 0 aliphatic carbocycles. The number of benzene rings is 2. The average Bonchev–Trinajstić information content (AvgIpc) is 2.39. The molecule has 0 aromatic heterocycles. The molecule has 11 atom stereocenters. The summed E-state index contributed by atoms with van der Waals surface area (Å²) in [6.45, 7) is 14.1. The van der Waals surface area contributed by atoms with Crippen LogP contribution in [0.25, 0.3) is 0 Å². The Labute approximate surface area is 538 Å². The van der Waals surface area contributed by atoms with Crippen LogP contribution in [0, 0.1) is 30.6 Å². The van der Waals surface area contributed by atoms with Gasteiger partial charge in [-0.2, -0.15) is 0 Å². The van der Waals surface area contributed by atoms with Crippen LogP contribution in [0.3, 0.4) is 0 Å². The SMILES string of the molecule is CO[C@@H]1/C=C/C=C(\C)Cc2cc(C)c(Cl)c(c2)N(C)C(=O)C[C@H](OC(=O)[C@H](C)N(C)C(=O)c2ccc(CC(=O)[C@H](CCCNC(N)=O)NC(=O)[C@@H](CC(=O)CCCCC(C)OC(=O)C(CBr)CBr)C(C)C)c(O)c2)[C@]2(C)O[C@H]2[C@H](C)[C@@H]2C[C@@]1(O)CC(=O)O2. The highest BCUT2D eigenvalue weighted by atomic mass is 79.9. The molecule has 0 spiro atoms. The third kappa shape index (κ3) is 19.6. The Morgan fingerprint density at radius 1 is 0.989 bits per heavy atom. The van der Waals surface area contributed by atoms with Gasteiger partial charge in [0.15, 0.2) is 5.78 Å². The second-order valence-electron chi connectivity index (χ2n) is 24.3. The minimum atomic E-state index is -1.66. The molecule has 1 unspecified atom stereocenters. The number of ether oxygens (including phenoxy) is 5. The minimum absolute atomic E-state index is 0.0176. The van der Waals surface area contributed by atoms with E-state index in [4.69, 9.17) is 41.0 Å². The molecule has 2 saturated heterocycles. The van der Waals surface area contributed by atoms with Crippen molar-refractivity contribution in [3.63, 3.8) is 0 Å². The van der Waals surface area contributed by atoms with Crippen molar-refractivity contribution in [1.82, 2.24) is 15.5 Å². The van der Waals surface area contributed by atoms with Gasteiger partial charge in [0.2, 0.25) is 11.8 Å². The number of carbonyl (C=O) groups excluding carboxylic acids is 9. The molecule has 24 heteroatoms. The van der Waals surface area contributed by atoms with Gasteiger partial charge < -0.3 is 60.1 Å². The fraction of sp³-hybridized carbons (Fsp3) is 0.609. The molecule has 2 fully saturated rings. The van der Waals surface area contributed by atoms with Gasteiger partial charge in [0.05, 0.1) is 47.7 Å². The van der Waals surface area contributed by atoms with E-state index in [1.165, 1.54) is 38.1 Å². The number of amides is 5. The lowest BCUT2D eigenvalue weighted by Gasteiger charge is -2.41. The molecule has 6 N–H and O–H groups in total. The van der Waals surface area contributed by atoms with Gasteiger partial charge in [-0.15, -0.1) is 0 Å². The summed E-state index contributed by atoms with van der Waals surface area (Å²) < 4.78 is 29.7. The summed E-state index contributed by atoms with van der Waals surface area (Å²) in [6, 6.07) is 4.46. The predicted octanol–water partition coefficient (Wildman–Crippen LogP) is 8.26. The zero-order valence-electron chi connectivity index (χ0n) is 52.3. The number of nitrogens with two attached hydrogens (primary N) is 1. The van der Waals surface area contributed by atoms with E-state index in [0.29, 0.717) is 47.1 Å². The standard InChI is InChI=1S/C64H88Br2ClN5O16/c1-35(2)46(29-45(73)18-13-12-17-38(5)85-61(81)44(33-65)34-66)58(78)70-47(19-15-23-69-62(68)82)50(75)27-42-21-22-43(28-49(42)74)59(79)71(9)40(7)60(80)87-53-30-54(76)72(10)48-26-41(25-37(4)56(48)67)24-36(3)16-14-20-52(84-11)64(83)31-51(86-55(77)32-64)39(6)57-63(53,8)88-57/h14,16,20-22,25-26,28,35,38-40,44,46-47,51-53,57,74,83H,12-13,15,17-19,23-24,27,29-34H2,1-11H3,(H,70,78)(H3,68,69,82)/b20-14+,36-16+/t38?,39-,40+,46+,47+,51+,52-,53+,57+,63+,64-/m1/s1. The number of hydrogen-bond acceptors (Lipinski definition) is 16. The van der Waals surface area contributed by atoms with E-state index in [1.807, 2.05) is 32.1 Å². The van der Waals surface area contributed by atoms with Crippen LogP contribution in [0.15, 0.2) is 54.1 Å². The molecule has 21 nitrogen and oxygen atoms in total. The van der Waals surface area contributed by atoms with Gasteiger partial charge in [-0.1, -0.05) is 100 Å². The number of nitrogens with one attached hydrogen (secondary N) is 2. The molecule has 4 bridgehead atoms. The molecule has 3 aliphatic rings. The third-order valence-electron chi connectivity index (χ3n) is 17.0. The number of hydrogen-bond donors (Lipinski definition) is 5. The minimum Gasteiger partial charge on any atom is -0.508 e. The lowest BCUT2D eigenvalue weighted by molar-refractivity contribution is -0.187. The van der Waals surface area contributed by atoms with Crippen molar-refractivity contribution < 1.29 is 77.0 Å². The monoisotopic (exact) mass is 1380 g/mol. The Morgan fingerprint density at radius 2 is 1.68 bits per heavy atom.